The molecule has 4 rings (SSSR count). The summed E-state index contributed by atoms with van der Waals surface area (Å²) in [7, 11) is -0.0177. The number of aromatic hydroxyl groups is 1. The summed E-state index contributed by atoms with van der Waals surface area (Å²) in [5.74, 6) is -8.27. The highest BCUT2D eigenvalue weighted by atomic mass is 32.3. The van der Waals surface area contributed by atoms with Gasteiger partial charge in [0, 0.05) is 30.6 Å². The molecule has 3 aliphatic rings. The normalized spacial score (nSPS) is 25.1. The molecule has 1 aromatic rings. The number of rotatable bonds is 7. The molecule has 5 atom stereocenters. The highest BCUT2D eigenvalue weighted by Crippen LogP contribution is 2.54. The second kappa shape index (κ2) is 12.3. The van der Waals surface area contributed by atoms with Crippen molar-refractivity contribution in [2.75, 3.05) is 26.2 Å². The standard InChI is InChI=1S/C26H33N5O9.H2O4S/c1-6-10(2)28-30(5)14-9-15(31(39)40)20(32)17-12(14)7-11-8-13-19(29(3)4)22(34)18(25(27)37)24(36)26(13,38)23(35)16(11)21(17)33;1-5(2,3)4/h9-11,13,19,28,32-33,36,38H,6-8H2,1-5H3,(H2,27,37);(H2,1,2,3,4)/t10?,11?,13?,19-,26-;/m0./s1. The SMILES string of the molecule is CCC(C)NN(C)c1cc([N+](=O)[O-])c(O)c2c1CC1CC3[C@H](N(C)C)C(=O)C(C(N)=O)=C(O)[C@@]3(O)C(=O)C1=C2O.O=S(=O)(O)O. The van der Waals surface area contributed by atoms with Gasteiger partial charge in [0.2, 0.25) is 11.5 Å². The van der Waals surface area contributed by atoms with E-state index in [9.17, 15) is 44.9 Å². The number of nitrogens with one attached hydrogen (secondary N) is 1. The van der Waals surface area contributed by atoms with Crippen LogP contribution in [0.1, 0.15) is 37.8 Å². The van der Waals surface area contributed by atoms with Crippen LogP contribution in [0.2, 0.25) is 0 Å². The first-order valence-electron chi connectivity index (χ1n) is 13.5. The van der Waals surface area contributed by atoms with Gasteiger partial charge in [-0.2, -0.15) is 8.42 Å². The quantitative estimate of drug-likeness (QED) is 0.0825. The van der Waals surface area contributed by atoms with Gasteiger partial charge < -0.3 is 31.2 Å². The number of primary amides is 1. The molecule has 1 aromatic carbocycles. The molecule has 248 valence electrons. The molecule has 1 fully saturated rings. The molecular formula is C26H35N5O13S. The fourth-order valence-corrected chi connectivity index (χ4v) is 6.21. The number of hydrazine groups is 1. The second-order valence-electron chi connectivity index (χ2n) is 11.3. The van der Waals surface area contributed by atoms with Gasteiger partial charge in [-0.25, -0.2) is 5.43 Å². The van der Waals surface area contributed by atoms with Gasteiger partial charge in [-0.1, -0.05) is 6.92 Å². The number of phenolic OH excluding ortho intramolecular Hbond substituents is 1. The second-order valence-corrected chi connectivity index (χ2v) is 12.2. The number of carbonyl (C=O) groups is 3. The topological polar surface area (TPSA) is 294 Å². The van der Waals surface area contributed by atoms with Crippen LogP contribution < -0.4 is 16.2 Å². The van der Waals surface area contributed by atoms with E-state index in [-0.39, 0.29) is 35.7 Å². The molecule has 0 radical (unpaired) electrons. The van der Waals surface area contributed by atoms with Crippen LogP contribution in [0, 0.1) is 22.0 Å². The third kappa shape index (κ3) is 6.22. The van der Waals surface area contributed by atoms with Crippen LogP contribution in [0.25, 0.3) is 5.76 Å². The number of ketones is 2. The van der Waals surface area contributed by atoms with E-state index in [1.165, 1.54) is 25.1 Å². The smallest absolute Gasteiger partial charge is 0.394 e. The van der Waals surface area contributed by atoms with E-state index in [1.54, 1.807) is 12.1 Å². The molecule has 19 heteroatoms. The Bertz CT molecular complexity index is 1630. The number of aliphatic hydroxyl groups excluding tert-OH is 2. The highest BCUT2D eigenvalue weighted by Gasteiger charge is 2.64. The van der Waals surface area contributed by atoms with E-state index < -0.39 is 84.8 Å². The van der Waals surface area contributed by atoms with Gasteiger partial charge in [0.15, 0.2) is 11.4 Å². The number of nitro groups is 1. The van der Waals surface area contributed by atoms with Crippen molar-refractivity contribution in [2.45, 2.75) is 50.8 Å². The van der Waals surface area contributed by atoms with Crippen molar-refractivity contribution in [3.63, 3.8) is 0 Å². The minimum absolute atomic E-state index is 0.00194. The molecule has 0 saturated heterocycles. The van der Waals surface area contributed by atoms with Crippen molar-refractivity contribution < 1.29 is 57.3 Å². The summed E-state index contributed by atoms with van der Waals surface area (Å²) in [4.78, 5) is 51.6. The number of phenols is 1. The molecule has 45 heavy (non-hydrogen) atoms. The number of benzene rings is 1. The summed E-state index contributed by atoms with van der Waals surface area (Å²) in [6.07, 6.45) is 0.636. The van der Waals surface area contributed by atoms with E-state index in [4.69, 9.17) is 23.3 Å². The number of aliphatic hydroxyl groups is 3. The molecule has 0 heterocycles. The Morgan fingerprint density at radius 2 is 1.78 bits per heavy atom. The molecule has 0 aromatic heterocycles. The van der Waals surface area contributed by atoms with Crippen molar-refractivity contribution in [3.8, 4) is 5.75 Å². The van der Waals surface area contributed by atoms with E-state index >= 15 is 0 Å². The molecular weight excluding hydrogens is 622 g/mol. The van der Waals surface area contributed by atoms with Gasteiger partial charge in [-0.15, -0.1) is 0 Å². The minimum Gasteiger partial charge on any atom is -0.508 e. The zero-order valence-electron chi connectivity index (χ0n) is 24.9. The fourth-order valence-electron chi connectivity index (χ4n) is 6.21. The predicted molar refractivity (Wildman–Crippen MR) is 156 cm³/mol. The third-order valence-corrected chi connectivity index (χ3v) is 8.26. The summed E-state index contributed by atoms with van der Waals surface area (Å²) < 4.78 is 31.6. The molecule has 0 aliphatic heterocycles. The van der Waals surface area contributed by atoms with Gasteiger partial charge >= 0.3 is 16.1 Å². The summed E-state index contributed by atoms with van der Waals surface area (Å²) in [5, 5.41) is 58.2. The van der Waals surface area contributed by atoms with Gasteiger partial charge in [-0.3, -0.25) is 38.5 Å². The van der Waals surface area contributed by atoms with E-state index in [1.807, 2.05) is 13.8 Å². The van der Waals surface area contributed by atoms with Gasteiger partial charge in [-0.05, 0) is 51.8 Å². The van der Waals surface area contributed by atoms with E-state index in [0.29, 0.717) is 5.56 Å². The van der Waals surface area contributed by atoms with Crippen LogP contribution >= 0.6 is 0 Å². The predicted octanol–water partition coefficient (Wildman–Crippen LogP) is -0.0413. The Balaban J connectivity index is 0.00000102. The Morgan fingerprint density at radius 1 is 1.22 bits per heavy atom. The van der Waals surface area contributed by atoms with Gasteiger partial charge in [0.1, 0.15) is 17.1 Å². The Morgan fingerprint density at radius 3 is 2.24 bits per heavy atom. The maximum Gasteiger partial charge on any atom is 0.394 e. The van der Waals surface area contributed by atoms with Crippen LogP contribution in [0.4, 0.5) is 11.4 Å². The molecule has 3 aliphatic carbocycles. The molecule has 0 bridgehead atoms. The fraction of sp³-hybridized carbons (Fsp3) is 0.500. The summed E-state index contributed by atoms with van der Waals surface area (Å²) >= 11 is 0. The van der Waals surface area contributed by atoms with Crippen LogP contribution in [0.15, 0.2) is 23.0 Å². The number of Topliss-reactive ketones (excluding diaryl/α,β-unsaturated/α-hetero) is 2. The zero-order chi connectivity index (χ0) is 34.5. The Kier molecular flexibility index (Phi) is 9.69. The number of hydrogen-bond acceptors (Lipinski definition) is 14. The van der Waals surface area contributed by atoms with Gasteiger partial charge in [0.25, 0.3) is 5.91 Å². The first-order valence-corrected chi connectivity index (χ1v) is 14.9. The summed E-state index contributed by atoms with van der Waals surface area (Å²) in [6.45, 7) is 3.84. The van der Waals surface area contributed by atoms with Crippen LogP contribution in [-0.2, 0) is 31.2 Å². The Labute approximate surface area is 257 Å². The zero-order valence-corrected chi connectivity index (χ0v) is 25.7. The van der Waals surface area contributed by atoms with Crippen molar-refractivity contribution in [2.24, 2.45) is 17.6 Å². The van der Waals surface area contributed by atoms with Crippen LogP contribution in [-0.4, -0.2) is 104 Å². The maximum absolute atomic E-state index is 13.9. The number of nitro benzene ring substituents is 1. The summed E-state index contributed by atoms with van der Waals surface area (Å²) in [6, 6.07) is -0.0770. The first kappa shape index (κ1) is 35.3. The number of fused-ring (bicyclic) bond motifs is 3. The number of carbonyl (C=O) groups excluding carboxylic acids is 3. The van der Waals surface area contributed by atoms with Crippen LogP contribution in [0.5, 0.6) is 5.75 Å². The number of likely N-dealkylation sites (N-methyl/N-ethyl adjacent to an activating group) is 1. The lowest BCUT2D eigenvalue weighted by molar-refractivity contribution is -0.385. The van der Waals surface area contributed by atoms with Crippen molar-refractivity contribution in [1.29, 1.82) is 0 Å². The molecule has 1 amide bonds. The van der Waals surface area contributed by atoms with Crippen molar-refractivity contribution >= 4 is 45.0 Å². The molecule has 3 unspecified atom stereocenters. The largest absolute Gasteiger partial charge is 0.508 e. The summed E-state index contributed by atoms with van der Waals surface area (Å²) in [5.41, 5.74) is 3.93. The Hall–Kier alpha value is -4.14. The average Bonchev–Trinajstić information content (AvgIpc) is 2.89. The van der Waals surface area contributed by atoms with E-state index in [2.05, 4.69) is 5.43 Å². The maximum atomic E-state index is 13.9. The molecule has 18 nitrogen and oxygen atoms in total. The van der Waals surface area contributed by atoms with Crippen LogP contribution in [0.3, 0.4) is 0 Å². The molecule has 0 spiro atoms. The first-order chi connectivity index (χ1) is 20.6. The average molecular weight is 658 g/mol. The minimum atomic E-state index is -4.67. The lowest BCUT2D eigenvalue weighted by Crippen LogP contribution is -2.65. The lowest BCUT2D eigenvalue weighted by atomic mass is 9.57. The highest BCUT2D eigenvalue weighted by molar-refractivity contribution is 7.79. The monoisotopic (exact) mass is 657 g/mol. The number of hydrogen-bond donors (Lipinski definition) is 8. The number of nitrogens with zero attached hydrogens (tertiary/aromatic N) is 3. The third-order valence-electron chi connectivity index (χ3n) is 8.26. The number of anilines is 1. The van der Waals surface area contributed by atoms with Crippen molar-refractivity contribution in [3.05, 3.63) is 44.2 Å². The van der Waals surface area contributed by atoms with E-state index in [0.717, 1.165) is 6.42 Å². The van der Waals surface area contributed by atoms with Crippen molar-refractivity contribution in [1.82, 2.24) is 10.3 Å². The number of amides is 1. The molecule has 1 saturated carbocycles. The lowest BCUT2D eigenvalue weighted by Gasteiger charge is -2.50. The number of nitrogens with two attached hydrogens (primary N) is 1. The van der Waals surface area contributed by atoms with Gasteiger partial charge in [0.05, 0.1) is 22.2 Å². The molecule has 9 N–H and O–H groups in total.